The van der Waals surface area contributed by atoms with Gasteiger partial charge >= 0.3 is 0 Å². The molecule has 1 atom stereocenters. The Morgan fingerprint density at radius 2 is 1.71 bits per heavy atom. The molecule has 0 aromatic heterocycles. The van der Waals surface area contributed by atoms with Crippen LogP contribution in [0.4, 0.5) is 5.69 Å². The van der Waals surface area contributed by atoms with Crippen LogP contribution < -0.4 is 5.32 Å². The molecular weight excluding hydrogens is 462 g/mol. The fourth-order valence-electron chi connectivity index (χ4n) is 7.25. The highest BCUT2D eigenvalue weighted by molar-refractivity contribution is 8.14. The van der Waals surface area contributed by atoms with Gasteiger partial charge in [0.25, 0.3) is 0 Å². The van der Waals surface area contributed by atoms with E-state index >= 15 is 0 Å². The van der Waals surface area contributed by atoms with E-state index in [1.807, 2.05) is 11.8 Å². The highest BCUT2D eigenvalue weighted by atomic mass is 35.5. The predicted octanol–water partition coefficient (Wildman–Crippen LogP) is 6.93. The number of amidine groups is 1. The Morgan fingerprint density at radius 3 is 2.29 bits per heavy atom. The molecule has 188 valence electrons. The average Bonchev–Trinajstić information content (AvgIpc) is 3.12. The number of unbranched alkanes of at least 4 members (excludes halogenated alkanes) is 1. The lowest BCUT2D eigenvalue weighted by molar-refractivity contribution is -0.116. The van der Waals surface area contributed by atoms with Crippen molar-refractivity contribution in [2.75, 3.05) is 17.6 Å². The molecule has 1 aliphatic heterocycles. The van der Waals surface area contributed by atoms with Crippen LogP contribution in [0, 0.1) is 17.8 Å². The lowest BCUT2D eigenvalue weighted by atomic mass is 9.53. The minimum Gasteiger partial charge on any atom is -0.347 e. The van der Waals surface area contributed by atoms with E-state index in [0.717, 1.165) is 48.6 Å². The van der Waals surface area contributed by atoms with Crippen molar-refractivity contribution in [3.8, 4) is 0 Å². The van der Waals surface area contributed by atoms with Gasteiger partial charge in [0.2, 0.25) is 5.91 Å². The van der Waals surface area contributed by atoms with Crippen molar-refractivity contribution in [2.24, 2.45) is 22.7 Å². The highest BCUT2D eigenvalue weighted by Gasteiger charge is 2.51. The maximum Gasteiger partial charge on any atom is 0.226 e. The first kappa shape index (κ1) is 25.9. The Bertz CT molecular complexity index is 836. The first-order valence-electron chi connectivity index (χ1n) is 13.4. The van der Waals surface area contributed by atoms with Gasteiger partial charge in [0, 0.05) is 30.4 Å². The standard InChI is InChI=1S/C28H41N3OS.ClH/c1-3-5-6-20-7-9-24(10-8-20)29-26(32)15-25-19-33-27(31(25)11-4-2)30-28-16-21-12-22(17-28)14-23(13-21)18-28;/h7-10,21-23,25H,3-6,11-19H2,1-2H3,(H,29,32);1H/b30-27-;. The van der Waals surface area contributed by atoms with Gasteiger partial charge in [-0.25, -0.2) is 0 Å². The third-order valence-corrected chi connectivity index (χ3v) is 9.51. The van der Waals surface area contributed by atoms with Crippen LogP contribution in [0.15, 0.2) is 29.3 Å². The van der Waals surface area contributed by atoms with Gasteiger partial charge in [-0.05, 0) is 93.2 Å². The molecule has 0 spiro atoms. The summed E-state index contributed by atoms with van der Waals surface area (Å²) in [7, 11) is 0. The Labute approximate surface area is 216 Å². The van der Waals surface area contributed by atoms with Gasteiger partial charge in [0.15, 0.2) is 5.17 Å². The molecule has 1 aromatic carbocycles. The molecule has 1 aromatic rings. The number of hydrogen-bond acceptors (Lipinski definition) is 3. The quantitative estimate of drug-likeness (QED) is 0.397. The Morgan fingerprint density at radius 1 is 1.06 bits per heavy atom. The zero-order valence-electron chi connectivity index (χ0n) is 20.9. The van der Waals surface area contributed by atoms with E-state index in [1.165, 1.54) is 62.1 Å². The summed E-state index contributed by atoms with van der Waals surface area (Å²) in [5.41, 5.74) is 2.47. The summed E-state index contributed by atoms with van der Waals surface area (Å²) in [6.07, 6.45) is 13.5. The summed E-state index contributed by atoms with van der Waals surface area (Å²) in [6, 6.07) is 8.66. The van der Waals surface area contributed by atoms with Crippen molar-refractivity contribution in [2.45, 2.75) is 96.1 Å². The van der Waals surface area contributed by atoms with E-state index < -0.39 is 0 Å². The summed E-state index contributed by atoms with van der Waals surface area (Å²) in [6.45, 7) is 5.46. The number of nitrogens with zero attached hydrogens (tertiary/aromatic N) is 2. The minimum atomic E-state index is 0. The number of halogens is 1. The molecule has 4 saturated carbocycles. The van der Waals surface area contributed by atoms with E-state index in [0.29, 0.717) is 6.42 Å². The number of anilines is 1. The van der Waals surface area contributed by atoms with E-state index in [-0.39, 0.29) is 29.9 Å². The van der Waals surface area contributed by atoms with Crippen LogP contribution in [0.1, 0.15) is 83.6 Å². The second kappa shape index (κ2) is 11.2. The molecular formula is C28H42ClN3OS. The maximum absolute atomic E-state index is 12.9. The van der Waals surface area contributed by atoms with Crippen molar-refractivity contribution >= 4 is 40.9 Å². The Hall–Kier alpha value is -1.20. The van der Waals surface area contributed by atoms with Crippen molar-refractivity contribution in [1.29, 1.82) is 0 Å². The van der Waals surface area contributed by atoms with Crippen LogP contribution in [0.2, 0.25) is 0 Å². The van der Waals surface area contributed by atoms with Crippen LogP contribution in [0.25, 0.3) is 0 Å². The molecule has 5 aliphatic rings. The second-order valence-electron chi connectivity index (χ2n) is 11.2. The molecule has 0 radical (unpaired) electrons. The summed E-state index contributed by atoms with van der Waals surface area (Å²) >= 11 is 1.90. The number of hydrogen-bond donors (Lipinski definition) is 1. The van der Waals surface area contributed by atoms with E-state index in [4.69, 9.17) is 4.99 Å². The van der Waals surface area contributed by atoms with Crippen LogP contribution in [-0.4, -0.2) is 39.9 Å². The third-order valence-electron chi connectivity index (χ3n) is 8.37. The molecule has 4 bridgehead atoms. The second-order valence-corrected chi connectivity index (χ2v) is 12.2. The maximum atomic E-state index is 12.9. The fraction of sp³-hybridized carbons (Fsp3) is 0.714. The first-order chi connectivity index (χ1) is 16.1. The number of carbonyl (C=O) groups excluding carboxylic acids is 1. The van der Waals surface area contributed by atoms with Crippen molar-refractivity contribution < 1.29 is 4.79 Å². The van der Waals surface area contributed by atoms with Gasteiger partial charge in [-0.1, -0.05) is 44.2 Å². The molecule has 6 heteroatoms. The Balaban J connectivity index is 0.00000274. The molecule has 4 aliphatic carbocycles. The summed E-state index contributed by atoms with van der Waals surface area (Å²) < 4.78 is 0. The number of amides is 1. The van der Waals surface area contributed by atoms with E-state index in [2.05, 4.69) is 48.3 Å². The van der Waals surface area contributed by atoms with Gasteiger partial charge in [-0.3, -0.25) is 9.79 Å². The van der Waals surface area contributed by atoms with Gasteiger partial charge in [-0.2, -0.15) is 0 Å². The fourth-order valence-corrected chi connectivity index (χ4v) is 8.55. The van der Waals surface area contributed by atoms with Gasteiger partial charge in [0.05, 0.1) is 5.54 Å². The SMILES string of the molecule is CCCCc1ccc(NC(=O)CC2CS/C(=N\C34CC5CC(CC(C5)C3)C4)N2CCC)cc1.Cl. The largest absolute Gasteiger partial charge is 0.347 e. The van der Waals surface area contributed by atoms with Crippen LogP contribution in [0.3, 0.4) is 0 Å². The lowest BCUT2D eigenvalue weighted by Crippen LogP contribution is -2.50. The zero-order chi connectivity index (χ0) is 22.8. The van der Waals surface area contributed by atoms with Crippen LogP contribution >= 0.6 is 24.2 Å². The number of aliphatic imine (C=N–C) groups is 1. The number of benzene rings is 1. The Kier molecular flexibility index (Phi) is 8.56. The number of nitrogens with one attached hydrogen (secondary N) is 1. The summed E-state index contributed by atoms with van der Waals surface area (Å²) in [5.74, 6) is 3.86. The van der Waals surface area contributed by atoms with Crippen molar-refractivity contribution in [3.05, 3.63) is 29.8 Å². The molecule has 1 heterocycles. The number of carbonyl (C=O) groups is 1. The molecule has 6 rings (SSSR count). The van der Waals surface area contributed by atoms with Crippen LogP contribution in [-0.2, 0) is 11.2 Å². The number of thioether (sulfide) groups is 1. The van der Waals surface area contributed by atoms with Gasteiger partial charge < -0.3 is 10.2 Å². The molecule has 1 saturated heterocycles. The molecule has 34 heavy (non-hydrogen) atoms. The summed E-state index contributed by atoms with van der Waals surface area (Å²) in [4.78, 5) is 20.9. The monoisotopic (exact) mass is 503 g/mol. The van der Waals surface area contributed by atoms with Crippen molar-refractivity contribution in [3.63, 3.8) is 0 Å². The van der Waals surface area contributed by atoms with E-state index in [1.54, 1.807) is 0 Å². The topological polar surface area (TPSA) is 44.7 Å². The molecule has 1 N–H and O–H groups in total. The van der Waals surface area contributed by atoms with Crippen molar-refractivity contribution in [1.82, 2.24) is 4.90 Å². The predicted molar refractivity (Wildman–Crippen MR) is 147 cm³/mol. The number of aryl methyl sites for hydroxylation is 1. The molecule has 4 nitrogen and oxygen atoms in total. The highest BCUT2D eigenvalue weighted by Crippen LogP contribution is 2.57. The van der Waals surface area contributed by atoms with Crippen LogP contribution in [0.5, 0.6) is 0 Å². The molecule has 1 unspecified atom stereocenters. The third kappa shape index (κ3) is 5.78. The average molecular weight is 504 g/mol. The van der Waals surface area contributed by atoms with E-state index in [9.17, 15) is 4.79 Å². The first-order valence-corrected chi connectivity index (χ1v) is 14.4. The summed E-state index contributed by atoms with van der Waals surface area (Å²) in [5, 5.41) is 4.37. The normalized spacial score (nSPS) is 32.8. The smallest absolute Gasteiger partial charge is 0.226 e. The minimum absolute atomic E-state index is 0. The molecule has 5 fully saturated rings. The molecule has 1 amide bonds. The lowest BCUT2D eigenvalue weighted by Gasteiger charge is -2.55. The zero-order valence-corrected chi connectivity index (χ0v) is 22.6. The van der Waals surface area contributed by atoms with Gasteiger partial charge in [-0.15, -0.1) is 12.4 Å². The van der Waals surface area contributed by atoms with Gasteiger partial charge in [0.1, 0.15) is 0 Å². The number of rotatable bonds is 9.